The highest BCUT2D eigenvalue weighted by Crippen LogP contribution is 2.44. The number of H-pyrrole nitrogens is 1. The number of nitrogens with zero attached hydrogens (tertiary/aromatic N) is 3. The Hall–Kier alpha value is -2.11. The standard InChI is InChI=1S/C17H22N4O2/c1-11(2)14-8-13(20-23-14)16(22)21-7-3-5-17(10-21)6-4-12-9-18-19-15(12)17/h8-9,11H,3-7,10H2,1-2H3,(H,18,19). The quantitative estimate of drug-likeness (QED) is 0.924. The summed E-state index contributed by atoms with van der Waals surface area (Å²) < 4.78 is 5.29. The van der Waals surface area contributed by atoms with Crippen molar-refractivity contribution < 1.29 is 9.32 Å². The number of amides is 1. The summed E-state index contributed by atoms with van der Waals surface area (Å²) in [5.74, 6) is 0.976. The lowest BCUT2D eigenvalue weighted by molar-refractivity contribution is 0.0622. The minimum atomic E-state index is -0.0207. The van der Waals surface area contributed by atoms with Gasteiger partial charge in [0, 0.05) is 36.2 Å². The predicted octanol–water partition coefficient (Wildman–Crippen LogP) is 2.64. The molecular weight excluding hydrogens is 292 g/mol. The average Bonchev–Trinajstić information content (AvgIpc) is 3.25. The SMILES string of the molecule is CC(C)c1cc(C(=O)N2CCCC3(CCc4cn[nH]c43)C2)no1. The molecule has 0 saturated carbocycles. The fourth-order valence-corrected chi connectivity index (χ4v) is 4.00. The number of aryl methyl sites for hydroxylation is 1. The first-order valence-corrected chi connectivity index (χ1v) is 8.38. The lowest BCUT2D eigenvalue weighted by Gasteiger charge is -2.40. The van der Waals surface area contributed by atoms with Crippen LogP contribution in [0.3, 0.4) is 0 Å². The van der Waals surface area contributed by atoms with Crippen molar-refractivity contribution >= 4 is 5.91 Å². The van der Waals surface area contributed by atoms with E-state index in [0.29, 0.717) is 5.69 Å². The molecule has 1 saturated heterocycles. The monoisotopic (exact) mass is 314 g/mol. The topological polar surface area (TPSA) is 75.0 Å². The molecule has 2 aromatic rings. The minimum absolute atomic E-state index is 0.0207. The Labute approximate surface area is 135 Å². The fourth-order valence-electron chi connectivity index (χ4n) is 4.00. The van der Waals surface area contributed by atoms with Gasteiger partial charge < -0.3 is 9.42 Å². The van der Waals surface area contributed by atoms with E-state index >= 15 is 0 Å². The van der Waals surface area contributed by atoms with Gasteiger partial charge in [0.05, 0.1) is 6.20 Å². The summed E-state index contributed by atoms with van der Waals surface area (Å²) in [6.07, 6.45) is 6.20. The normalized spacial score (nSPS) is 23.7. The van der Waals surface area contributed by atoms with E-state index in [2.05, 4.69) is 15.4 Å². The molecule has 1 atom stereocenters. The summed E-state index contributed by atoms with van der Waals surface area (Å²) in [6.45, 7) is 5.59. The van der Waals surface area contributed by atoms with Gasteiger partial charge in [-0.05, 0) is 31.2 Å². The number of carbonyl (C=O) groups is 1. The average molecular weight is 314 g/mol. The van der Waals surface area contributed by atoms with Gasteiger partial charge in [-0.15, -0.1) is 0 Å². The van der Waals surface area contributed by atoms with Gasteiger partial charge >= 0.3 is 0 Å². The molecule has 0 bridgehead atoms. The molecule has 122 valence electrons. The Balaban J connectivity index is 1.57. The van der Waals surface area contributed by atoms with Crippen LogP contribution < -0.4 is 0 Å². The van der Waals surface area contributed by atoms with Crippen molar-refractivity contribution in [3.05, 3.63) is 35.0 Å². The lowest BCUT2D eigenvalue weighted by atomic mass is 9.77. The molecule has 1 amide bonds. The van der Waals surface area contributed by atoms with Gasteiger partial charge in [0.15, 0.2) is 5.69 Å². The number of rotatable bonds is 2. The molecule has 1 fully saturated rings. The van der Waals surface area contributed by atoms with E-state index in [0.717, 1.165) is 44.5 Å². The second kappa shape index (κ2) is 5.22. The number of fused-ring (bicyclic) bond motifs is 2. The van der Waals surface area contributed by atoms with Gasteiger partial charge in [-0.2, -0.15) is 5.10 Å². The summed E-state index contributed by atoms with van der Waals surface area (Å²) in [5, 5.41) is 11.3. The summed E-state index contributed by atoms with van der Waals surface area (Å²) in [4.78, 5) is 14.7. The number of piperidine rings is 1. The Morgan fingerprint density at radius 2 is 2.30 bits per heavy atom. The molecule has 0 radical (unpaired) electrons. The summed E-state index contributed by atoms with van der Waals surface area (Å²) in [7, 11) is 0. The van der Waals surface area contributed by atoms with Crippen molar-refractivity contribution in [1.82, 2.24) is 20.3 Å². The number of likely N-dealkylation sites (tertiary alicyclic amines) is 1. The van der Waals surface area contributed by atoms with Crippen LogP contribution in [0.25, 0.3) is 0 Å². The Bertz CT molecular complexity index is 733. The van der Waals surface area contributed by atoms with Crippen LogP contribution in [0.15, 0.2) is 16.8 Å². The van der Waals surface area contributed by atoms with Crippen molar-refractivity contribution in [2.24, 2.45) is 0 Å². The molecule has 1 aliphatic heterocycles. The predicted molar refractivity (Wildman–Crippen MR) is 84.3 cm³/mol. The molecule has 1 unspecified atom stereocenters. The van der Waals surface area contributed by atoms with Crippen molar-refractivity contribution in [3.8, 4) is 0 Å². The highest BCUT2D eigenvalue weighted by molar-refractivity contribution is 5.92. The van der Waals surface area contributed by atoms with Crippen LogP contribution in [-0.4, -0.2) is 39.3 Å². The van der Waals surface area contributed by atoms with Crippen molar-refractivity contribution in [2.45, 2.75) is 50.9 Å². The molecule has 6 nitrogen and oxygen atoms in total. The second-order valence-electron chi connectivity index (χ2n) is 7.15. The third-order valence-electron chi connectivity index (χ3n) is 5.30. The maximum atomic E-state index is 12.8. The number of nitrogens with one attached hydrogen (secondary N) is 1. The number of hydrogen-bond acceptors (Lipinski definition) is 4. The molecule has 1 aliphatic carbocycles. The van der Waals surface area contributed by atoms with E-state index in [-0.39, 0.29) is 17.2 Å². The summed E-state index contributed by atoms with van der Waals surface area (Å²) in [6, 6.07) is 1.78. The molecule has 2 aromatic heterocycles. The van der Waals surface area contributed by atoms with Crippen LogP contribution in [0.4, 0.5) is 0 Å². The zero-order chi connectivity index (χ0) is 16.0. The lowest BCUT2D eigenvalue weighted by Crippen LogP contribution is -2.47. The Kier molecular flexibility index (Phi) is 3.28. The number of aromatic nitrogens is 3. The fraction of sp³-hybridized carbons (Fsp3) is 0.588. The van der Waals surface area contributed by atoms with Gasteiger partial charge in [0.25, 0.3) is 5.91 Å². The molecule has 3 heterocycles. The van der Waals surface area contributed by atoms with Crippen LogP contribution in [0.1, 0.15) is 66.5 Å². The first-order valence-electron chi connectivity index (χ1n) is 8.38. The second-order valence-corrected chi connectivity index (χ2v) is 7.15. The number of carbonyl (C=O) groups excluding carboxylic acids is 1. The van der Waals surface area contributed by atoms with Gasteiger partial charge in [-0.25, -0.2) is 0 Å². The van der Waals surface area contributed by atoms with Crippen LogP contribution in [0, 0.1) is 0 Å². The Morgan fingerprint density at radius 3 is 3.09 bits per heavy atom. The van der Waals surface area contributed by atoms with E-state index < -0.39 is 0 Å². The molecule has 23 heavy (non-hydrogen) atoms. The van der Waals surface area contributed by atoms with Crippen molar-refractivity contribution in [3.63, 3.8) is 0 Å². The van der Waals surface area contributed by atoms with Crippen molar-refractivity contribution in [1.29, 1.82) is 0 Å². The molecular formula is C17H22N4O2. The largest absolute Gasteiger partial charge is 0.360 e. The van der Waals surface area contributed by atoms with E-state index in [4.69, 9.17) is 4.52 Å². The number of hydrogen-bond donors (Lipinski definition) is 1. The van der Waals surface area contributed by atoms with Gasteiger partial charge in [0.2, 0.25) is 0 Å². The summed E-state index contributed by atoms with van der Waals surface area (Å²) >= 11 is 0. The third-order valence-corrected chi connectivity index (χ3v) is 5.30. The maximum Gasteiger partial charge on any atom is 0.276 e. The van der Waals surface area contributed by atoms with E-state index in [1.807, 2.05) is 24.9 Å². The van der Waals surface area contributed by atoms with E-state index in [9.17, 15) is 4.79 Å². The molecule has 4 rings (SSSR count). The summed E-state index contributed by atoms with van der Waals surface area (Å²) in [5.41, 5.74) is 3.01. The van der Waals surface area contributed by atoms with Crippen LogP contribution in [0.2, 0.25) is 0 Å². The Morgan fingerprint density at radius 1 is 1.43 bits per heavy atom. The third kappa shape index (κ3) is 2.28. The molecule has 2 aliphatic rings. The first kappa shape index (κ1) is 14.5. The van der Waals surface area contributed by atoms with Crippen LogP contribution >= 0.6 is 0 Å². The smallest absolute Gasteiger partial charge is 0.276 e. The minimum Gasteiger partial charge on any atom is -0.360 e. The highest BCUT2D eigenvalue weighted by atomic mass is 16.5. The van der Waals surface area contributed by atoms with E-state index in [1.54, 1.807) is 6.07 Å². The van der Waals surface area contributed by atoms with Crippen LogP contribution in [-0.2, 0) is 11.8 Å². The van der Waals surface area contributed by atoms with Gasteiger partial charge in [0.1, 0.15) is 5.76 Å². The number of aromatic amines is 1. The highest BCUT2D eigenvalue weighted by Gasteiger charge is 2.44. The zero-order valence-corrected chi connectivity index (χ0v) is 13.6. The molecule has 1 N–H and O–H groups in total. The molecule has 0 aromatic carbocycles. The molecule has 6 heteroatoms. The van der Waals surface area contributed by atoms with Gasteiger partial charge in [-0.1, -0.05) is 19.0 Å². The van der Waals surface area contributed by atoms with Crippen molar-refractivity contribution in [2.75, 3.05) is 13.1 Å². The first-order chi connectivity index (χ1) is 11.1. The van der Waals surface area contributed by atoms with Gasteiger partial charge in [-0.3, -0.25) is 9.89 Å². The van der Waals surface area contributed by atoms with E-state index in [1.165, 1.54) is 11.3 Å². The molecule has 1 spiro atoms. The zero-order valence-electron chi connectivity index (χ0n) is 13.6. The van der Waals surface area contributed by atoms with Crippen LogP contribution in [0.5, 0.6) is 0 Å². The maximum absolute atomic E-state index is 12.8.